The molecular weight excluding hydrogens is 144 g/mol. The van der Waals surface area contributed by atoms with Crippen molar-refractivity contribution >= 4 is 0 Å². The lowest BCUT2D eigenvalue weighted by Crippen LogP contribution is -1.88. The van der Waals surface area contributed by atoms with Gasteiger partial charge in [0.05, 0.1) is 0 Å². The van der Waals surface area contributed by atoms with Gasteiger partial charge in [0.1, 0.15) is 0 Å². The smallest absolute Gasteiger partial charge is 0.00235 e. The molecule has 1 aromatic carbocycles. The number of allylic oxidation sites excluding steroid dienone is 2. The number of rotatable bonds is 1. The highest BCUT2D eigenvalue weighted by Crippen LogP contribution is 2.31. The minimum absolute atomic E-state index is 0.686. The lowest BCUT2D eigenvalue weighted by Gasteiger charge is -2.05. The molecule has 0 heterocycles. The summed E-state index contributed by atoms with van der Waals surface area (Å²) < 4.78 is 0. The number of hydrogen-bond acceptors (Lipinski definition) is 0. The molecule has 0 saturated heterocycles. The fourth-order valence-corrected chi connectivity index (χ4v) is 1.86. The first-order chi connectivity index (χ1) is 5.86. The highest BCUT2D eigenvalue weighted by Gasteiger charge is 2.13. The van der Waals surface area contributed by atoms with Gasteiger partial charge in [0.15, 0.2) is 0 Å². The summed E-state index contributed by atoms with van der Waals surface area (Å²) in [6.07, 6.45) is 4.98. The third-order valence-corrected chi connectivity index (χ3v) is 2.56. The van der Waals surface area contributed by atoms with E-state index in [1.807, 2.05) is 0 Å². The molecule has 0 bridgehead atoms. The minimum atomic E-state index is 0.686. The Balaban J connectivity index is 2.22. The molecule has 0 spiro atoms. The maximum absolute atomic E-state index is 2.40. The highest BCUT2D eigenvalue weighted by atomic mass is 14.2. The van der Waals surface area contributed by atoms with Gasteiger partial charge < -0.3 is 0 Å². The van der Waals surface area contributed by atoms with Crippen LogP contribution < -0.4 is 0 Å². The van der Waals surface area contributed by atoms with Crippen molar-refractivity contribution in [3.63, 3.8) is 0 Å². The summed E-state index contributed by atoms with van der Waals surface area (Å²) in [5.74, 6) is 0.686. The molecule has 0 amide bonds. The molecule has 2 rings (SSSR count). The van der Waals surface area contributed by atoms with Crippen LogP contribution in [0.3, 0.4) is 0 Å². The van der Waals surface area contributed by atoms with Gasteiger partial charge in [0.2, 0.25) is 0 Å². The Hall–Kier alpha value is -1.04. The van der Waals surface area contributed by atoms with Crippen LogP contribution in [-0.4, -0.2) is 0 Å². The second-order valence-corrected chi connectivity index (χ2v) is 3.57. The summed E-state index contributed by atoms with van der Waals surface area (Å²) in [6.45, 7) is 2.23. The zero-order valence-corrected chi connectivity index (χ0v) is 7.46. The zero-order valence-electron chi connectivity index (χ0n) is 7.46. The van der Waals surface area contributed by atoms with Crippen molar-refractivity contribution in [2.75, 3.05) is 0 Å². The predicted octanol–water partition coefficient (Wildman–Crippen LogP) is 3.51. The van der Waals surface area contributed by atoms with Crippen LogP contribution in [0.15, 0.2) is 42.0 Å². The Morgan fingerprint density at radius 1 is 1.17 bits per heavy atom. The first kappa shape index (κ1) is 7.60. The van der Waals surface area contributed by atoms with Crippen molar-refractivity contribution < 1.29 is 0 Å². The molecule has 1 atom stereocenters. The molecule has 0 N–H and O–H groups in total. The van der Waals surface area contributed by atoms with Crippen LogP contribution in [0.5, 0.6) is 0 Å². The molecule has 0 saturated carbocycles. The van der Waals surface area contributed by atoms with Crippen LogP contribution in [0.25, 0.3) is 0 Å². The molecule has 1 aromatic rings. The second-order valence-electron chi connectivity index (χ2n) is 3.57. The van der Waals surface area contributed by atoms with Gasteiger partial charge in [-0.25, -0.2) is 0 Å². The van der Waals surface area contributed by atoms with Crippen molar-refractivity contribution in [1.82, 2.24) is 0 Å². The van der Waals surface area contributed by atoms with Crippen LogP contribution in [0.1, 0.15) is 31.2 Å². The van der Waals surface area contributed by atoms with E-state index in [9.17, 15) is 0 Å². The van der Waals surface area contributed by atoms with Crippen LogP contribution in [-0.2, 0) is 0 Å². The third-order valence-electron chi connectivity index (χ3n) is 2.56. The van der Waals surface area contributed by atoms with Gasteiger partial charge in [-0.15, -0.1) is 0 Å². The molecule has 0 nitrogen and oxygen atoms in total. The van der Waals surface area contributed by atoms with Gasteiger partial charge in [0.25, 0.3) is 0 Å². The van der Waals surface area contributed by atoms with Gasteiger partial charge >= 0.3 is 0 Å². The first-order valence-corrected chi connectivity index (χ1v) is 4.58. The minimum Gasteiger partial charge on any atom is -0.0781 e. The van der Waals surface area contributed by atoms with Crippen LogP contribution >= 0.6 is 0 Å². The lowest BCUT2D eigenvalue weighted by atomic mass is 9.99. The normalized spacial score (nSPS) is 22.4. The Morgan fingerprint density at radius 2 is 1.92 bits per heavy atom. The van der Waals surface area contributed by atoms with Gasteiger partial charge in [-0.3, -0.25) is 0 Å². The van der Waals surface area contributed by atoms with Crippen molar-refractivity contribution in [3.8, 4) is 0 Å². The van der Waals surface area contributed by atoms with E-state index in [1.54, 1.807) is 5.57 Å². The Bertz CT molecular complexity index is 282. The predicted molar refractivity (Wildman–Crippen MR) is 52.2 cm³/mol. The molecule has 1 unspecified atom stereocenters. The monoisotopic (exact) mass is 158 g/mol. The molecule has 0 fully saturated rings. The Labute approximate surface area is 73.9 Å². The van der Waals surface area contributed by atoms with E-state index in [4.69, 9.17) is 0 Å². The molecule has 0 aromatic heterocycles. The SMILES string of the molecule is CC1=CC(c2ccccc2)CC1. The molecular formula is C12H14. The zero-order chi connectivity index (χ0) is 8.39. The van der Waals surface area contributed by atoms with Gasteiger partial charge in [-0.05, 0) is 25.3 Å². The van der Waals surface area contributed by atoms with Crippen LogP contribution in [0.2, 0.25) is 0 Å². The Kier molecular flexibility index (Phi) is 1.99. The molecule has 1 aliphatic carbocycles. The van der Waals surface area contributed by atoms with E-state index in [-0.39, 0.29) is 0 Å². The third kappa shape index (κ3) is 1.42. The fourth-order valence-electron chi connectivity index (χ4n) is 1.86. The van der Waals surface area contributed by atoms with E-state index in [2.05, 4.69) is 43.3 Å². The molecule has 0 heteroatoms. The molecule has 0 aliphatic heterocycles. The summed E-state index contributed by atoms with van der Waals surface area (Å²) >= 11 is 0. The van der Waals surface area contributed by atoms with E-state index in [0.717, 1.165) is 0 Å². The van der Waals surface area contributed by atoms with Crippen LogP contribution in [0.4, 0.5) is 0 Å². The average Bonchev–Trinajstić information content (AvgIpc) is 2.54. The fraction of sp³-hybridized carbons (Fsp3) is 0.333. The van der Waals surface area contributed by atoms with E-state index in [0.29, 0.717) is 5.92 Å². The first-order valence-electron chi connectivity index (χ1n) is 4.58. The van der Waals surface area contributed by atoms with Crippen molar-refractivity contribution in [2.24, 2.45) is 0 Å². The van der Waals surface area contributed by atoms with Crippen molar-refractivity contribution in [1.29, 1.82) is 0 Å². The lowest BCUT2D eigenvalue weighted by molar-refractivity contribution is 0.793. The van der Waals surface area contributed by atoms with Crippen LogP contribution in [0, 0.1) is 0 Å². The number of hydrogen-bond donors (Lipinski definition) is 0. The van der Waals surface area contributed by atoms with E-state index < -0.39 is 0 Å². The summed E-state index contributed by atoms with van der Waals surface area (Å²) in [5, 5.41) is 0. The number of benzene rings is 1. The summed E-state index contributed by atoms with van der Waals surface area (Å²) in [5.41, 5.74) is 3.01. The van der Waals surface area contributed by atoms with E-state index >= 15 is 0 Å². The van der Waals surface area contributed by atoms with Crippen molar-refractivity contribution in [3.05, 3.63) is 47.5 Å². The molecule has 62 valence electrons. The van der Waals surface area contributed by atoms with Crippen molar-refractivity contribution in [2.45, 2.75) is 25.7 Å². The topological polar surface area (TPSA) is 0 Å². The average molecular weight is 158 g/mol. The molecule has 0 radical (unpaired) electrons. The maximum Gasteiger partial charge on any atom is 0.00235 e. The van der Waals surface area contributed by atoms with Gasteiger partial charge in [-0.1, -0.05) is 42.0 Å². The largest absolute Gasteiger partial charge is 0.0781 e. The van der Waals surface area contributed by atoms with E-state index in [1.165, 1.54) is 18.4 Å². The second kappa shape index (κ2) is 3.14. The molecule has 1 aliphatic rings. The maximum atomic E-state index is 2.40. The summed E-state index contributed by atoms with van der Waals surface area (Å²) in [6, 6.07) is 10.8. The summed E-state index contributed by atoms with van der Waals surface area (Å²) in [4.78, 5) is 0. The Morgan fingerprint density at radius 3 is 2.50 bits per heavy atom. The standard InChI is InChI=1S/C12H14/c1-10-7-8-12(9-10)11-5-3-2-4-6-11/h2-6,9,12H,7-8H2,1H3. The summed E-state index contributed by atoms with van der Waals surface area (Å²) in [7, 11) is 0. The molecule has 12 heavy (non-hydrogen) atoms. The highest BCUT2D eigenvalue weighted by molar-refractivity contribution is 5.28. The quantitative estimate of drug-likeness (QED) is 0.549. The van der Waals surface area contributed by atoms with Gasteiger partial charge in [0, 0.05) is 5.92 Å². The van der Waals surface area contributed by atoms with Gasteiger partial charge in [-0.2, -0.15) is 0 Å².